The molecule has 1 unspecified atom stereocenters. The van der Waals surface area contributed by atoms with E-state index in [2.05, 4.69) is 18.8 Å². The molecule has 0 saturated heterocycles. The second-order valence-corrected chi connectivity index (χ2v) is 4.29. The molecule has 0 aliphatic heterocycles. The lowest BCUT2D eigenvalue weighted by Crippen LogP contribution is -2.10. The third-order valence-electron chi connectivity index (χ3n) is 2.60. The Morgan fingerprint density at radius 2 is 2.12 bits per heavy atom. The van der Waals surface area contributed by atoms with Crippen LogP contribution in [0.2, 0.25) is 0 Å². The second kappa shape index (κ2) is 5.71. The molecule has 0 spiro atoms. The number of rotatable bonds is 4. The van der Waals surface area contributed by atoms with Crippen molar-refractivity contribution in [2.75, 3.05) is 0 Å². The van der Waals surface area contributed by atoms with Crippen molar-refractivity contribution in [3.63, 3.8) is 0 Å². The van der Waals surface area contributed by atoms with Gasteiger partial charge in [-0.2, -0.15) is 0 Å². The first-order valence-corrected chi connectivity index (χ1v) is 5.65. The minimum atomic E-state index is -1.34. The maximum absolute atomic E-state index is 12.6. The molecular formula is C12H18BFN2O. The molecule has 0 amide bonds. The van der Waals surface area contributed by atoms with Gasteiger partial charge in [-0.25, -0.2) is 4.39 Å². The Balaban J connectivity index is 2.91. The number of hydrogen-bond donors (Lipinski definition) is 1. The van der Waals surface area contributed by atoms with Crippen LogP contribution in [0.1, 0.15) is 26.5 Å². The standard InChI is InChI=1S/C12H18BFN2O/c1-7(2)8(3)11(15)10-5-4-9(6-16-10)17-12(13)14/h4-7,12H,13,15H2,1-3H3/b11-8+. The minimum absolute atomic E-state index is 0.374. The molecule has 1 aromatic heterocycles. The van der Waals surface area contributed by atoms with E-state index in [0.29, 0.717) is 23.1 Å². The topological polar surface area (TPSA) is 48.1 Å². The molecule has 0 radical (unpaired) electrons. The fraction of sp³-hybridized carbons (Fsp3) is 0.417. The molecule has 5 heteroatoms. The largest absolute Gasteiger partial charge is 0.468 e. The van der Waals surface area contributed by atoms with Gasteiger partial charge in [-0.05, 0) is 30.5 Å². The molecule has 0 aliphatic rings. The Kier molecular flexibility index (Phi) is 4.55. The molecule has 0 bridgehead atoms. The predicted octanol–water partition coefficient (Wildman–Crippen LogP) is 1.69. The highest BCUT2D eigenvalue weighted by Crippen LogP contribution is 2.19. The summed E-state index contributed by atoms with van der Waals surface area (Å²) in [7, 11) is 1.32. The summed E-state index contributed by atoms with van der Waals surface area (Å²) in [6.07, 6.45) is 0.138. The van der Waals surface area contributed by atoms with Gasteiger partial charge in [0.25, 0.3) is 0 Å². The fourth-order valence-corrected chi connectivity index (χ4v) is 1.31. The number of nitrogens with zero attached hydrogens (tertiary/aromatic N) is 1. The molecule has 0 aromatic carbocycles. The average molecular weight is 236 g/mol. The molecule has 1 aromatic rings. The van der Waals surface area contributed by atoms with Gasteiger partial charge in [-0.3, -0.25) is 4.98 Å². The van der Waals surface area contributed by atoms with E-state index < -0.39 is 6.26 Å². The number of nitrogens with two attached hydrogens (primary N) is 1. The van der Waals surface area contributed by atoms with Crippen molar-refractivity contribution in [2.24, 2.45) is 11.7 Å². The second-order valence-electron chi connectivity index (χ2n) is 4.29. The van der Waals surface area contributed by atoms with E-state index in [0.717, 1.165) is 5.57 Å². The summed E-state index contributed by atoms with van der Waals surface area (Å²) in [5, 5.41) is 0. The van der Waals surface area contributed by atoms with E-state index in [1.54, 1.807) is 12.1 Å². The molecule has 17 heavy (non-hydrogen) atoms. The lowest BCUT2D eigenvalue weighted by atomic mass is 10.0. The van der Waals surface area contributed by atoms with Crippen LogP contribution in [0.4, 0.5) is 4.39 Å². The van der Waals surface area contributed by atoms with Crippen LogP contribution in [0.3, 0.4) is 0 Å². The Morgan fingerprint density at radius 3 is 2.53 bits per heavy atom. The van der Waals surface area contributed by atoms with Crippen molar-refractivity contribution in [3.05, 3.63) is 29.6 Å². The third-order valence-corrected chi connectivity index (χ3v) is 2.60. The van der Waals surface area contributed by atoms with E-state index in [1.807, 2.05) is 6.92 Å². The lowest BCUT2D eigenvalue weighted by Gasteiger charge is -2.11. The van der Waals surface area contributed by atoms with Crippen LogP contribution in [0, 0.1) is 5.92 Å². The average Bonchev–Trinajstić information content (AvgIpc) is 2.27. The Bertz CT molecular complexity index is 401. The quantitative estimate of drug-likeness (QED) is 0.809. The van der Waals surface area contributed by atoms with Crippen LogP contribution in [0.25, 0.3) is 5.70 Å². The van der Waals surface area contributed by atoms with Gasteiger partial charge in [-0.1, -0.05) is 13.8 Å². The molecule has 1 rings (SSSR count). The summed E-state index contributed by atoms with van der Waals surface area (Å²) in [5.74, 6) is 0.775. The highest BCUT2D eigenvalue weighted by molar-refractivity contribution is 6.10. The molecule has 1 heterocycles. The number of halogens is 1. The van der Waals surface area contributed by atoms with Gasteiger partial charge in [0.1, 0.15) is 5.75 Å². The first kappa shape index (κ1) is 13.5. The number of pyridine rings is 1. The maximum atomic E-state index is 12.6. The van der Waals surface area contributed by atoms with Gasteiger partial charge in [0.15, 0.2) is 14.1 Å². The summed E-state index contributed by atoms with van der Waals surface area (Å²) in [6, 6.07) is 3.40. The lowest BCUT2D eigenvalue weighted by molar-refractivity contribution is 0.145. The smallest absolute Gasteiger partial charge is 0.197 e. The summed E-state index contributed by atoms with van der Waals surface area (Å²) in [4.78, 5) is 4.16. The van der Waals surface area contributed by atoms with E-state index in [9.17, 15) is 4.39 Å². The Hall–Kier alpha value is -1.52. The summed E-state index contributed by atoms with van der Waals surface area (Å²) in [5.41, 5.74) is 8.44. The number of aromatic nitrogens is 1. The number of alkyl halides is 1. The first-order chi connectivity index (χ1) is 7.91. The van der Waals surface area contributed by atoms with Crippen LogP contribution >= 0.6 is 0 Å². The molecule has 0 fully saturated rings. The highest BCUT2D eigenvalue weighted by atomic mass is 19.1. The van der Waals surface area contributed by atoms with Crippen LogP contribution in [0.15, 0.2) is 23.9 Å². The Labute approximate surface area is 102 Å². The van der Waals surface area contributed by atoms with Gasteiger partial charge >= 0.3 is 0 Å². The summed E-state index contributed by atoms with van der Waals surface area (Å²) >= 11 is 0. The molecule has 3 nitrogen and oxygen atoms in total. The van der Waals surface area contributed by atoms with E-state index in [-0.39, 0.29) is 0 Å². The molecular weight excluding hydrogens is 218 g/mol. The van der Waals surface area contributed by atoms with Crippen LogP contribution in [-0.4, -0.2) is 19.1 Å². The van der Waals surface area contributed by atoms with Gasteiger partial charge in [0.05, 0.1) is 17.6 Å². The number of hydrogen-bond acceptors (Lipinski definition) is 3. The maximum Gasteiger partial charge on any atom is 0.197 e. The predicted molar refractivity (Wildman–Crippen MR) is 69.9 cm³/mol. The molecule has 1 atom stereocenters. The van der Waals surface area contributed by atoms with E-state index >= 15 is 0 Å². The SMILES string of the molecule is BC(F)Oc1ccc(/C(N)=C(/C)C(C)C)nc1. The summed E-state index contributed by atoms with van der Waals surface area (Å²) < 4.78 is 17.5. The molecule has 0 aliphatic carbocycles. The zero-order valence-electron chi connectivity index (χ0n) is 10.7. The zero-order valence-corrected chi connectivity index (χ0v) is 10.7. The first-order valence-electron chi connectivity index (χ1n) is 5.65. The summed E-state index contributed by atoms with van der Waals surface area (Å²) in [6.45, 7) is 6.13. The normalized spacial score (nSPS) is 14.4. The zero-order chi connectivity index (χ0) is 13.0. The number of allylic oxidation sites excluding steroid dienone is 1. The fourth-order valence-electron chi connectivity index (χ4n) is 1.31. The monoisotopic (exact) mass is 236 g/mol. The third kappa shape index (κ3) is 3.77. The van der Waals surface area contributed by atoms with Crippen molar-refractivity contribution < 1.29 is 9.13 Å². The van der Waals surface area contributed by atoms with E-state index in [1.165, 1.54) is 14.0 Å². The highest BCUT2D eigenvalue weighted by Gasteiger charge is 2.07. The molecule has 2 N–H and O–H groups in total. The van der Waals surface area contributed by atoms with Crippen LogP contribution in [-0.2, 0) is 0 Å². The van der Waals surface area contributed by atoms with Crippen LogP contribution in [0.5, 0.6) is 5.75 Å². The van der Waals surface area contributed by atoms with Gasteiger partial charge in [-0.15, -0.1) is 0 Å². The Morgan fingerprint density at radius 1 is 1.47 bits per heavy atom. The van der Waals surface area contributed by atoms with Crippen molar-refractivity contribution in [1.29, 1.82) is 0 Å². The molecule has 0 saturated carbocycles. The molecule has 92 valence electrons. The minimum Gasteiger partial charge on any atom is -0.468 e. The number of ether oxygens (including phenoxy) is 1. The van der Waals surface area contributed by atoms with Crippen LogP contribution < -0.4 is 10.5 Å². The van der Waals surface area contributed by atoms with Crippen molar-refractivity contribution in [3.8, 4) is 5.75 Å². The van der Waals surface area contributed by atoms with E-state index in [4.69, 9.17) is 10.5 Å². The van der Waals surface area contributed by atoms with Crippen molar-refractivity contribution >= 4 is 13.5 Å². The van der Waals surface area contributed by atoms with Gasteiger partial charge in [0, 0.05) is 0 Å². The van der Waals surface area contributed by atoms with Crippen molar-refractivity contribution in [2.45, 2.75) is 27.0 Å². The van der Waals surface area contributed by atoms with Gasteiger partial charge < -0.3 is 10.5 Å². The van der Waals surface area contributed by atoms with Gasteiger partial charge in [0.2, 0.25) is 0 Å². The van der Waals surface area contributed by atoms with Crippen molar-refractivity contribution in [1.82, 2.24) is 4.98 Å².